The summed E-state index contributed by atoms with van der Waals surface area (Å²) in [7, 11) is 4.87. The molecule has 0 fully saturated rings. The Bertz CT molecular complexity index is 506. The van der Waals surface area contributed by atoms with Crippen molar-refractivity contribution in [1.29, 1.82) is 0 Å². The average molecular weight is 276 g/mol. The number of benzene rings is 1. The molecule has 0 saturated carbocycles. The van der Waals surface area contributed by atoms with Gasteiger partial charge >= 0.3 is 0 Å². The van der Waals surface area contributed by atoms with Gasteiger partial charge in [0, 0.05) is 0 Å². The van der Waals surface area contributed by atoms with Crippen molar-refractivity contribution in [2.75, 3.05) is 21.3 Å². The molecule has 0 aliphatic heterocycles. The van der Waals surface area contributed by atoms with Crippen molar-refractivity contribution in [3.8, 4) is 17.2 Å². The van der Waals surface area contributed by atoms with Crippen LogP contribution in [0.15, 0.2) is 29.4 Å². The summed E-state index contributed by atoms with van der Waals surface area (Å²) >= 11 is 0. The Morgan fingerprint density at radius 2 is 1.35 bits per heavy atom. The van der Waals surface area contributed by atoms with Gasteiger partial charge in [-0.2, -0.15) is 0 Å². The van der Waals surface area contributed by atoms with Crippen molar-refractivity contribution in [2.45, 2.75) is 27.7 Å². The first-order valence-corrected chi connectivity index (χ1v) is 6.57. The molecule has 110 valence electrons. The van der Waals surface area contributed by atoms with Crippen LogP contribution in [0.2, 0.25) is 0 Å². The smallest absolute Gasteiger partial charge is 0.203 e. The van der Waals surface area contributed by atoms with Gasteiger partial charge in [-0.3, -0.25) is 0 Å². The van der Waals surface area contributed by atoms with Gasteiger partial charge in [-0.1, -0.05) is 17.2 Å². The third-order valence-corrected chi connectivity index (χ3v) is 2.95. The maximum Gasteiger partial charge on any atom is 0.203 e. The fraction of sp³-hybridized carbons (Fsp3) is 0.412. The molecular formula is C17H24O3. The minimum absolute atomic E-state index is 0.615. The van der Waals surface area contributed by atoms with E-state index in [-0.39, 0.29) is 0 Å². The topological polar surface area (TPSA) is 27.7 Å². The van der Waals surface area contributed by atoms with Gasteiger partial charge < -0.3 is 14.2 Å². The van der Waals surface area contributed by atoms with Crippen LogP contribution in [0.1, 0.15) is 33.3 Å². The Balaban J connectivity index is 3.53. The lowest BCUT2D eigenvalue weighted by molar-refractivity contribution is 0.324. The van der Waals surface area contributed by atoms with Crippen LogP contribution in [0.25, 0.3) is 5.57 Å². The number of rotatable bonds is 5. The summed E-state index contributed by atoms with van der Waals surface area (Å²) < 4.78 is 16.2. The van der Waals surface area contributed by atoms with E-state index in [0.29, 0.717) is 17.2 Å². The van der Waals surface area contributed by atoms with Gasteiger partial charge in [0.1, 0.15) is 0 Å². The molecule has 1 aromatic rings. The molecule has 0 atom stereocenters. The van der Waals surface area contributed by atoms with E-state index in [0.717, 1.165) is 5.56 Å². The third kappa shape index (κ3) is 3.56. The number of hydrogen-bond acceptors (Lipinski definition) is 3. The van der Waals surface area contributed by atoms with E-state index in [1.54, 1.807) is 21.3 Å². The molecule has 1 rings (SSSR count). The maximum atomic E-state index is 5.41. The highest BCUT2D eigenvalue weighted by atomic mass is 16.5. The number of ether oxygens (including phenoxy) is 3. The highest BCUT2D eigenvalue weighted by molar-refractivity contribution is 5.79. The van der Waals surface area contributed by atoms with E-state index < -0.39 is 0 Å². The highest BCUT2D eigenvalue weighted by Crippen LogP contribution is 2.40. The largest absolute Gasteiger partial charge is 0.493 e. The standard InChI is InChI=1S/C17H24O3/c1-11(2)8-14(12(3)4)13-9-15(18-5)17(20-7)16(10-13)19-6/h8-10H,1-7H3. The van der Waals surface area contributed by atoms with Gasteiger partial charge in [-0.05, 0) is 51.0 Å². The first-order valence-electron chi connectivity index (χ1n) is 6.57. The van der Waals surface area contributed by atoms with Crippen LogP contribution in [0.5, 0.6) is 17.2 Å². The van der Waals surface area contributed by atoms with Crippen molar-refractivity contribution >= 4 is 5.57 Å². The first kappa shape index (κ1) is 16.2. The van der Waals surface area contributed by atoms with E-state index in [2.05, 4.69) is 33.8 Å². The molecule has 0 radical (unpaired) electrons. The van der Waals surface area contributed by atoms with Crippen LogP contribution < -0.4 is 14.2 Å². The van der Waals surface area contributed by atoms with Gasteiger partial charge in [-0.25, -0.2) is 0 Å². The van der Waals surface area contributed by atoms with Crippen molar-refractivity contribution < 1.29 is 14.2 Å². The van der Waals surface area contributed by atoms with E-state index in [9.17, 15) is 0 Å². The summed E-state index contributed by atoms with van der Waals surface area (Å²) in [6, 6.07) is 3.95. The molecule has 0 aliphatic rings. The summed E-state index contributed by atoms with van der Waals surface area (Å²) in [5, 5.41) is 0. The molecule has 0 amide bonds. The molecule has 0 N–H and O–H groups in total. The van der Waals surface area contributed by atoms with Crippen LogP contribution in [0.3, 0.4) is 0 Å². The van der Waals surface area contributed by atoms with E-state index in [4.69, 9.17) is 14.2 Å². The predicted molar refractivity (Wildman–Crippen MR) is 83.8 cm³/mol. The minimum Gasteiger partial charge on any atom is -0.493 e. The number of allylic oxidation sites excluding steroid dienone is 4. The van der Waals surface area contributed by atoms with Gasteiger partial charge in [-0.15, -0.1) is 0 Å². The second kappa shape index (κ2) is 7.04. The van der Waals surface area contributed by atoms with Gasteiger partial charge in [0.05, 0.1) is 21.3 Å². The number of hydrogen-bond donors (Lipinski definition) is 0. The molecule has 0 saturated heterocycles. The summed E-state index contributed by atoms with van der Waals surface area (Å²) in [5.41, 5.74) is 4.71. The van der Waals surface area contributed by atoms with Crippen LogP contribution in [-0.2, 0) is 0 Å². The van der Waals surface area contributed by atoms with E-state index in [1.807, 2.05) is 12.1 Å². The SMILES string of the molecule is COc1cc(C(C=C(C)C)=C(C)C)cc(OC)c1OC. The summed E-state index contributed by atoms with van der Waals surface area (Å²) in [5.74, 6) is 1.95. The predicted octanol–water partition coefficient (Wildman–Crippen LogP) is 4.47. The Morgan fingerprint density at radius 1 is 0.850 bits per heavy atom. The zero-order valence-electron chi connectivity index (χ0n) is 13.5. The second-order valence-corrected chi connectivity index (χ2v) is 5.05. The summed E-state index contributed by atoms with van der Waals surface area (Å²) in [4.78, 5) is 0. The molecule has 0 bridgehead atoms. The Morgan fingerprint density at radius 3 is 1.65 bits per heavy atom. The summed E-state index contributed by atoms with van der Waals surface area (Å²) in [6.45, 7) is 8.36. The molecule has 0 aromatic heterocycles. The Hall–Kier alpha value is -1.90. The minimum atomic E-state index is 0.615. The molecule has 0 heterocycles. The van der Waals surface area contributed by atoms with Crippen LogP contribution >= 0.6 is 0 Å². The van der Waals surface area contributed by atoms with Crippen LogP contribution in [0, 0.1) is 0 Å². The molecule has 0 spiro atoms. The van der Waals surface area contributed by atoms with E-state index >= 15 is 0 Å². The molecule has 1 aromatic carbocycles. The zero-order valence-corrected chi connectivity index (χ0v) is 13.5. The lowest BCUT2D eigenvalue weighted by atomic mass is 9.98. The molecule has 3 heteroatoms. The first-order chi connectivity index (χ1) is 9.44. The Labute approximate surface area is 121 Å². The lowest BCUT2D eigenvalue weighted by Gasteiger charge is -2.15. The molecule has 3 nitrogen and oxygen atoms in total. The molecule has 0 aliphatic carbocycles. The second-order valence-electron chi connectivity index (χ2n) is 5.05. The third-order valence-electron chi connectivity index (χ3n) is 2.95. The van der Waals surface area contributed by atoms with Gasteiger partial charge in [0.15, 0.2) is 11.5 Å². The van der Waals surface area contributed by atoms with Crippen molar-refractivity contribution in [3.63, 3.8) is 0 Å². The average Bonchev–Trinajstić information content (AvgIpc) is 2.42. The van der Waals surface area contributed by atoms with Crippen molar-refractivity contribution in [1.82, 2.24) is 0 Å². The molecule has 20 heavy (non-hydrogen) atoms. The fourth-order valence-corrected chi connectivity index (χ4v) is 2.04. The quantitative estimate of drug-likeness (QED) is 0.742. The van der Waals surface area contributed by atoms with Crippen LogP contribution in [-0.4, -0.2) is 21.3 Å². The fourth-order valence-electron chi connectivity index (χ4n) is 2.04. The monoisotopic (exact) mass is 276 g/mol. The summed E-state index contributed by atoms with van der Waals surface area (Å²) in [6.07, 6.45) is 2.16. The van der Waals surface area contributed by atoms with Crippen LogP contribution in [0.4, 0.5) is 0 Å². The molecular weight excluding hydrogens is 252 g/mol. The number of methoxy groups -OCH3 is 3. The van der Waals surface area contributed by atoms with Crippen molar-refractivity contribution in [2.24, 2.45) is 0 Å². The van der Waals surface area contributed by atoms with Gasteiger partial charge in [0.25, 0.3) is 0 Å². The maximum absolute atomic E-state index is 5.41. The normalized spacial score (nSPS) is 9.75. The van der Waals surface area contributed by atoms with Gasteiger partial charge in [0.2, 0.25) is 5.75 Å². The lowest BCUT2D eigenvalue weighted by Crippen LogP contribution is -1.97. The molecule has 0 unspecified atom stereocenters. The zero-order chi connectivity index (χ0) is 15.3. The highest BCUT2D eigenvalue weighted by Gasteiger charge is 2.14. The van der Waals surface area contributed by atoms with E-state index in [1.165, 1.54) is 16.7 Å². The van der Waals surface area contributed by atoms with Crippen molar-refractivity contribution in [3.05, 3.63) is 34.9 Å². The Kier molecular flexibility index (Phi) is 5.68.